The van der Waals surface area contributed by atoms with Crippen LogP contribution in [0, 0.1) is 0 Å². The molecule has 0 radical (unpaired) electrons. The van der Waals surface area contributed by atoms with E-state index in [4.69, 9.17) is 5.73 Å². The number of rotatable bonds is 1. The molecule has 0 amide bonds. The lowest BCUT2D eigenvalue weighted by Gasteiger charge is -1.80. The van der Waals surface area contributed by atoms with Crippen molar-refractivity contribution in [3.05, 3.63) is 29.3 Å². The number of aromatic nitrogens is 1. The first-order valence-corrected chi connectivity index (χ1v) is 4.26. The normalized spacial score (nSPS) is 9.00. The highest BCUT2D eigenvalue weighted by Gasteiger charge is 1.98. The largest absolute Gasteiger partial charge is 0.325 e. The third-order valence-corrected chi connectivity index (χ3v) is 2.57. The van der Waals surface area contributed by atoms with Gasteiger partial charge >= 0.3 is 0 Å². The molecule has 2 N–H and O–H groups in total. The standard InChI is InChI=1S/C8H8N2S.2ClH/c9-5-8-10-6-3-1-2-4-7(6)11-8;;/h1-4H,5,9H2;2*1H. The first-order valence-electron chi connectivity index (χ1n) is 3.44. The smallest absolute Gasteiger partial charge is 0.107 e. The van der Waals surface area contributed by atoms with Crippen molar-refractivity contribution < 1.29 is 0 Å². The monoisotopic (exact) mass is 236 g/mol. The van der Waals surface area contributed by atoms with Gasteiger partial charge in [-0.05, 0) is 12.1 Å². The molecule has 0 aliphatic heterocycles. The van der Waals surface area contributed by atoms with Gasteiger partial charge in [0.2, 0.25) is 0 Å². The van der Waals surface area contributed by atoms with Gasteiger partial charge in [0.05, 0.1) is 10.2 Å². The van der Waals surface area contributed by atoms with E-state index in [0.717, 1.165) is 10.5 Å². The predicted molar refractivity (Wildman–Crippen MR) is 62.0 cm³/mol. The number of fused-ring (bicyclic) bond motifs is 1. The fourth-order valence-electron chi connectivity index (χ4n) is 1.01. The summed E-state index contributed by atoms with van der Waals surface area (Å²) >= 11 is 1.66. The lowest BCUT2D eigenvalue weighted by Crippen LogP contribution is -1.93. The molecule has 0 aliphatic rings. The van der Waals surface area contributed by atoms with Gasteiger partial charge < -0.3 is 5.73 Å². The van der Waals surface area contributed by atoms with Gasteiger partial charge in [0.15, 0.2) is 0 Å². The van der Waals surface area contributed by atoms with E-state index in [1.807, 2.05) is 18.2 Å². The number of benzene rings is 1. The maximum Gasteiger partial charge on any atom is 0.107 e. The number of nitrogens with zero attached hydrogens (tertiary/aromatic N) is 1. The fraction of sp³-hybridized carbons (Fsp3) is 0.125. The first-order chi connectivity index (χ1) is 5.40. The van der Waals surface area contributed by atoms with Gasteiger partial charge in [-0.1, -0.05) is 12.1 Å². The molecule has 0 bridgehead atoms. The molecule has 0 atom stereocenters. The highest BCUT2D eigenvalue weighted by atomic mass is 35.5. The second kappa shape index (κ2) is 5.40. The Morgan fingerprint density at radius 3 is 2.54 bits per heavy atom. The number of hydrogen-bond acceptors (Lipinski definition) is 3. The fourth-order valence-corrected chi connectivity index (χ4v) is 1.85. The molecular formula is C8H10Cl2N2S. The highest BCUT2D eigenvalue weighted by Crippen LogP contribution is 2.20. The van der Waals surface area contributed by atoms with Crippen LogP contribution in [0.25, 0.3) is 10.2 Å². The molecule has 0 spiro atoms. The molecule has 0 aliphatic carbocycles. The van der Waals surface area contributed by atoms with Gasteiger partial charge in [0, 0.05) is 6.54 Å². The van der Waals surface area contributed by atoms with E-state index < -0.39 is 0 Å². The molecule has 72 valence electrons. The molecule has 0 saturated heterocycles. The summed E-state index contributed by atoms with van der Waals surface area (Å²) in [4.78, 5) is 4.32. The van der Waals surface area contributed by atoms with Gasteiger partial charge in [0.25, 0.3) is 0 Å². The number of nitrogens with two attached hydrogens (primary N) is 1. The van der Waals surface area contributed by atoms with Crippen LogP contribution in [-0.2, 0) is 6.54 Å². The Balaban J connectivity index is 0.000000720. The van der Waals surface area contributed by atoms with E-state index in [1.54, 1.807) is 11.3 Å². The lowest BCUT2D eigenvalue weighted by atomic mass is 10.3. The highest BCUT2D eigenvalue weighted by molar-refractivity contribution is 7.18. The minimum Gasteiger partial charge on any atom is -0.325 e. The summed E-state index contributed by atoms with van der Waals surface area (Å²) in [7, 11) is 0. The van der Waals surface area contributed by atoms with Gasteiger partial charge in [-0.15, -0.1) is 36.2 Å². The van der Waals surface area contributed by atoms with Crippen LogP contribution >= 0.6 is 36.2 Å². The maximum absolute atomic E-state index is 5.46. The summed E-state index contributed by atoms with van der Waals surface area (Å²) in [6.45, 7) is 0.541. The molecule has 0 unspecified atom stereocenters. The van der Waals surface area contributed by atoms with Crippen molar-refractivity contribution in [3.8, 4) is 0 Å². The molecule has 0 fully saturated rings. The number of thiazole rings is 1. The quantitative estimate of drug-likeness (QED) is 0.827. The van der Waals surface area contributed by atoms with Crippen molar-refractivity contribution in [1.29, 1.82) is 0 Å². The zero-order chi connectivity index (χ0) is 7.68. The van der Waals surface area contributed by atoms with Crippen molar-refractivity contribution >= 4 is 46.4 Å². The average molecular weight is 237 g/mol. The minimum atomic E-state index is 0. The summed E-state index contributed by atoms with van der Waals surface area (Å²) in [5, 5.41) is 1.01. The zero-order valence-corrected chi connectivity index (χ0v) is 9.22. The Morgan fingerprint density at radius 2 is 1.92 bits per heavy atom. The third kappa shape index (κ3) is 2.54. The van der Waals surface area contributed by atoms with Crippen LogP contribution in [0.4, 0.5) is 0 Å². The van der Waals surface area contributed by atoms with Crippen molar-refractivity contribution in [1.82, 2.24) is 4.98 Å². The Hall–Kier alpha value is -0.350. The van der Waals surface area contributed by atoms with Crippen LogP contribution < -0.4 is 5.73 Å². The summed E-state index contributed by atoms with van der Waals surface area (Å²) in [6.07, 6.45) is 0. The molecule has 13 heavy (non-hydrogen) atoms. The Bertz CT molecular complexity index is 342. The molecule has 1 aromatic heterocycles. The maximum atomic E-state index is 5.46. The Labute approximate surface area is 93.0 Å². The van der Waals surface area contributed by atoms with Crippen LogP contribution in [0.1, 0.15) is 5.01 Å². The van der Waals surface area contributed by atoms with Gasteiger partial charge in [-0.25, -0.2) is 4.98 Å². The average Bonchev–Trinajstić information content (AvgIpc) is 2.46. The number of para-hydroxylation sites is 1. The molecule has 2 aromatic rings. The van der Waals surface area contributed by atoms with Crippen molar-refractivity contribution in [3.63, 3.8) is 0 Å². The summed E-state index contributed by atoms with van der Waals surface area (Å²) < 4.78 is 1.22. The number of hydrogen-bond donors (Lipinski definition) is 1. The Morgan fingerprint density at radius 1 is 1.23 bits per heavy atom. The van der Waals surface area contributed by atoms with Crippen LogP contribution in [0.2, 0.25) is 0 Å². The van der Waals surface area contributed by atoms with Crippen molar-refractivity contribution in [2.75, 3.05) is 0 Å². The molecular weight excluding hydrogens is 227 g/mol. The van der Waals surface area contributed by atoms with Gasteiger partial charge in [0.1, 0.15) is 5.01 Å². The number of halogens is 2. The van der Waals surface area contributed by atoms with Crippen molar-refractivity contribution in [2.45, 2.75) is 6.54 Å². The third-order valence-electron chi connectivity index (χ3n) is 1.51. The van der Waals surface area contributed by atoms with E-state index >= 15 is 0 Å². The van der Waals surface area contributed by atoms with Crippen LogP contribution in [0.3, 0.4) is 0 Å². The van der Waals surface area contributed by atoms with E-state index in [-0.39, 0.29) is 24.8 Å². The second-order valence-electron chi connectivity index (χ2n) is 2.28. The van der Waals surface area contributed by atoms with E-state index in [9.17, 15) is 0 Å². The molecule has 1 aromatic carbocycles. The van der Waals surface area contributed by atoms with Gasteiger partial charge in [-0.3, -0.25) is 0 Å². The van der Waals surface area contributed by atoms with Gasteiger partial charge in [-0.2, -0.15) is 0 Å². The SMILES string of the molecule is Cl.Cl.NCc1nc2ccccc2s1. The van der Waals surface area contributed by atoms with Crippen molar-refractivity contribution in [2.24, 2.45) is 5.73 Å². The summed E-state index contributed by atoms with van der Waals surface area (Å²) in [5.74, 6) is 0. The molecule has 2 nitrogen and oxygen atoms in total. The Kier molecular flexibility index (Phi) is 5.25. The van der Waals surface area contributed by atoms with Crippen LogP contribution in [0.5, 0.6) is 0 Å². The molecule has 1 heterocycles. The van der Waals surface area contributed by atoms with E-state index in [1.165, 1.54) is 4.70 Å². The first kappa shape index (κ1) is 12.7. The lowest BCUT2D eigenvalue weighted by molar-refractivity contribution is 1.05. The summed E-state index contributed by atoms with van der Waals surface area (Å²) in [6, 6.07) is 8.07. The second-order valence-corrected chi connectivity index (χ2v) is 3.39. The molecule has 0 saturated carbocycles. The molecule has 5 heteroatoms. The summed E-state index contributed by atoms with van der Waals surface area (Å²) in [5.41, 5.74) is 6.52. The topological polar surface area (TPSA) is 38.9 Å². The predicted octanol–water partition coefficient (Wildman–Crippen LogP) is 2.60. The van der Waals surface area contributed by atoms with Crippen LogP contribution in [0.15, 0.2) is 24.3 Å². The molecule has 2 rings (SSSR count). The van der Waals surface area contributed by atoms with E-state index in [0.29, 0.717) is 6.54 Å². The van der Waals surface area contributed by atoms with E-state index in [2.05, 4.69) is 11.1 Å². The zero-order valence-electron chi connectivity index (χ0n) is 6.77. The van der Waals surface area contributed by atoms with Crippen LogP contribution in [-0.4, -0.2) is 4.98 Å². The minimum absolute atomic E-state index is 0.